The van der Waals surface area contributed by atoms with E-state index in [4.69, 9.17) is 0 Å². The minimum Gasteiger partial charge on any atom is -0.313 e. The van der Waals surface area contributed by atoms with Gasteiger partial charge in [-0.15, -0.1) is 0 Å². The number of aromatic amines is 1. The van der Waals surface area contributed by atoms with E-state index in [1.807, 2.05) is 13.0 Å². The lowest BCUT2D eigenvalue weighted by Gasteiger charge is -2.16. The Bertz CT molecular complexity index is 1610. The molecule has 1 N–H and O–H groups in total. The molecule has 3 heterocycles. The number of nitrogens with one attached hydrogen (secondary N) is 1. The van der Waals surface area contributed by atoms with Gasteiger partial charge in [0.1, 0.15) is 5.82 Å². The van der Waals surface area contributed by atoms with E-state index in [1.54, 1.807) is 24.4 Å². The Morgan fingerprint density at radius 2 is 1.76 bits per heavy atom. The standard InChI is InChI=1S/C25H23FN4O2S/c1-14(2)25-24(16-5-10-23(27-13-16)33(4,31)32)20-11-21-19(15(3)28-29-21)12-22(20)30(25)18-8-6-17(26)7-9-18/h5-14H,1-4H3,(H,28,29). The number of halogens is 1. The fraction of sp³-hybridized carbons (Fsp3) is 0.200. The van der Waals surface area contributed by atoms with Crippen molar-refractivity contribution in [3.05, 3.63) is 71.9 Å². The summed E-state index contributed by atoms with van der Waals surface area (Å²) in [4.78, 5) is 4.23. The maximum absolute atomic E-state index is 13.7. The van der Waals surface area contributed by atoms with Crippen LogP contribution in [0.15, 0.2) is 59.8 Å². The number of rotatable bonds is 4. The van der Waals surface area contributed by atoms with Crippen LogP contribution in [0.5, 0.6) is 0 Å². The second-order valence-corrected chi connectivity index (χ2v) is 10.6. The van der Waals surface area contributed by atoms with Crippen molar-refractivity contribution >= 4 is 31.6 Å². The smallest absolute Gasteiger partial charge is 0.192 e. The minimum absolute atomic E-state index is 0.0323. The van der Waals surface area contributed by atoms with Gasteiger partial charge in [-0.3, -0.25) is 5.10 Å². The van der Waals surface area contributed by atoms with Crippen LogP contribution in [-0.2, 0) is 9.84 Å². The first-order valence-electron chi connectivity index (χ1n) is 10.6. The molecule has 33 heavy (non-hydrogen) atoms. The molecule has 0 aliphatic heterocycles. The molecule has 0 unspecified atom stereocenters. The number of aryl methyl sites for hydroxylation is 1. The lowest BCUT2D eigenvalue weighted by molar-refractivity contribution is 0.598. The molecule has 168 valence electrons. The van der Waals surface area contributed by atoms with Gasteiger partial charge < -0.3 is 4.57 Å². The summed E-state index contributed by atoms with van der Waals surface area (Å²) in [5.74, 6) is -0.183. The molecule has 0 aliphatic carbocycles. The van der Waals surface area contributed by atoms with E-state index < -0.39 is 9.84 Å². The van der Waals surface area contributed by atoms with Gasteiger partial charge in [-0.25, -0.2) is 17.8 Å². The third-order valence-corrected chi connectivity index (χ3v) is 6.91. The Labute approximate surface area is 191 Å². The van der Waals surface area contributed by atoms with Crippen molar-refractivity contribution in [1.82, 2.24) is 19.7 Å². The largest absolute Gasteiger partial charge is 0.313 e. The lowest BCUT2D eigenvalue weighted by atomic mass is 9.97. The van der Waals surface area contributed by atoms with Gasteiger partial charge in [0.2, 0.25) is 0 Å². The van der Waals surface area contributed by atoms with Crippen molar-refractivity contribution in [2.24, 2.45) is 0 Å². The summed E-state index contributed by atoms with van der Waals surface area (Å²) in [5, 5.41) is 9.49. The molecule has 0 fully saturated rings. The predicted octanol–water partition coefficient (Wildman–Crippen LogP) is 5.54. The fourth-order valence-electron chi connectivity index (χ4n) is 4.40. The van der Waals surface area contributed by atoms with E-state index in [0.29, 0.717) is 0 Å². The molecular formula is C25H23FN4O2S. The van der Waals surface area contributed by atoms with Crippen LogP contribution in [0.1, 0.15) is 31.2 Å². The van der Waals surface area contributed by atoms with Crippen LogP contribution in [0.2, 0.25) is 0 Å². The number of hydrogen-bond acceptors (Lipinski definition) is 4. The maximum atomic E-state index is 13.7. The summed E-state index contributed by atoms with van der Waals surface area (Å²) in [6.45, 7) is 6.19. The number of aromatic nitrogens is 4. The molecule has 5 rings (SSSR count). The zero-order valence-electron chi connectivity index (χ0n) is 18.7. The van der Waals surface area contributed by atoms with E-state index in [2.05, 4.69) is 39.7 Å². The maximum Gasteiger partial charge on any atom is 0.192 e. The van der Waals surface area contributed by atoms with E-state index in [-0.39, 0.29) is 16.8 Å². The number of hydrogen-bond donors (Lipinski definition) is 1. The van der Waals surface area contributed by atoms with Crippen molar-refractivity contribution < 1.29 is 12.8 Å². The van der Waals surface area contributed by atoms with Crippen molar-refractivity contribution in [2.75, 3.05) is 6.26 Å². The van der Waals surface area contributed by atoms with Crippen LogP contribution in [0.3, 0.4) is 0 Å². The second kappa shape index (κ2) is 7.52. The lowest BCUT2D eigenvalue weighted by Crippen LogP contribution is -2.04. The van der Waals surface area contributed by atoms with Crippen LogP contribution in [0, 0.1) is 12.7 Å². The fourth-order valence-corrected chi connectivity index (χ4v) is 4.96. The Kier molecular flexibility index (Phi) is 4.86. The average Bonchev–Trinajstić information content (AvgIpc) is 3.30. The highest BCUT2D eigenvalue weighted by molar-refractivity contribution is 7.90. The first-order valence-corrected chi connectivity index (χ1v) is 12.5. The van der Waals surface area contributed by atoms with Gasteiger partial charge in [-0.05, 0) is 61.4 Å². The Morgan fingerprint density at radius 1 is 1.03 bits per heavy atom. The second-order valence-electron chi connectivity index (χ2n) is 8.62. The number of benzene rings is 2. The molecule has 8 heteroatoms. The number of sulfone groups is 1. The summed E-state index contributed by atoms with van der Waals surface area (Å²) in [7, 11) is -3.40. The topological polar surface area (TPSA) is 80.6 Å². The first-order chi connectivity index (χ1) is 15.6. The molecule has 3 aromatic heterocycles. The van der Waals surface area contributed by atoms with E-state index in [1.165, 1.54) is 18.2 Å². The van der Waals surface area contributed by atoms with Crippen LogP contribution in [-0.4, -0.2) is 34.4 Å². The molecule has 2 aromatic carbocycles. The Morgan fingerprint density at radius 3 is 2.36 bits per heavy atom. The van der Waals surface area contributed by atoms with E-state index >= 15 is 0 Å². The van der Waals surface area contributed by atoms with Crippen molar-refractivity contribution in [1.29, 1.82) is 0 Å². The van der Waals surface area contributed by atoms with Crippen LogP contribution >= 0.6 is 0 Å². The molecule has 0 bridgehead atoms. The number of nitrogens with zero attached hydrogens (tertiary/aromatic N) is 3. The van der Waals surface area contributed by atoms with Gasteiger partial charge in [-0.2, -0.15) is 5.10 Å². The SMILES string of the molecule is Cc1[nH]nc2cc3c(-c4ccc(S(C)(=O)=O)nc4)c(C(C)C)n(-c4ccc(F)cc4)c3cc12. The van der Waals surface area contributed by atoms with Crippen LogP contribution in [0.4, 0.5) is 4.39 Å². The molecule has 0 aliphatic rings. The van der Waals surface area contributed by atoms with Crippen molar-refractivity contribution in [3.8, 4) is 16.8 Å². The summed E-state index contributed by atoms with van der Waals surface area (Å²) in [5.41, 5.74) is 6.41. The summed E-state index contributed by atoms with van der Waals surface area (Å²) in [6, 6.07) is 13.9. The minimum atomic E-state index is -3.40. The predicted molar refractivity (Wildman–Crippen MR) is 128 cm³/mol. The van der Waals surface area contributed by atoms with E-state index in [0.717, 1.165) is 56.3 Å². The molecule has 0 radical (unpaired) electrons. The monoisotopic (exact) mass is 462 g/mol. The van der Waals surface area contributed by atoms with Gasteiger partial charge >= 0.3 is 0 Å². The number of fused-ring (bicyclic) bond motifs is 2. The Hall–Kier alpha value is -3.52. The van der Waals surface area contributed by atoms with E-state index in [9.17, 15) is 12.8 Å². The highest BCUT2D eigenvalue weighted by atomic mass is 32.2. The Balaban J connectivity index is 1.91. The van der Waals surface area contributed by atoms with Gasteiger partial charge in [0.05, 0.1) is 11.0 Å². The molecule has 0 saturated heterocycles. The van der Waals surface area contributed by atoms with Gasteiger partial charge in [-0.1, -0.05) is 13.8 Å². The first kappa shape index (κ1) is 21.3. The molecule has 0 saturated carbocycles. The van der Waals surface area contributed by atoms with Crippen LogP contribution < -0.4 is 0 Å². The zero-order chi connectivity index (χ0) is 23.5. The highest BCUT2D eigenvalue weighted by Crippen LogP contribution is 2.42. The third kappa shape index (κ3) is 3.51. The molecular weight excluding hydrogens is 439 g/mol. The van der Waals surface area contributed by atoms with Crippen molar-refractivity contribution in [3.63, 3.8) is 0 Å². The third-order valence-electron chi connectivity index (χ3n) is 5.91. The normalized spacial score (nSPS) is 12.3. The molecule has 5 aromatic rings. The summed E-state index contributed by atoms with van der Waals surface area (Å²) < 4.78 is 39.7. The molecule has 6 nitrogen and oxygen atoms in total. The van der Waals surface area contributed by atoms with Gasteiger partial charge in [0.15, 0.2) is 14.9 Å². The zero-order valence-corrected chi connectivity index (χ0v) is 19.5. The van der Waals surface area contributed by atoms with Crippen molar-refractivity contribution in [2.45, 2.75) is 31.7 Å². The quantitative estimate of drug-likeness (QED) is 0.380. The number of H-pyrrole nitrogens is 1. The molecule has 0 atom stereocenters. The summed E-state index contributed by atoms with van der Waals surface area (Å²) >= 11 is 0. The van der Waals surface area contributed by atoms with Gasteiger partial charge in [0.25, 0.3) is 0 Å². The number of pyridine rings is 1. The molecule has 0 amide bonds. The summed E-state index contributed by atoms with van der Waals surface area (Å²) in [6.07, 6.45) is 2.75. The van der Waals surface area contributed by atoms with Gasteiger partial charge in [0, 0.05) is 51.4 Å². The average molecular weight is 463 g/mol. The van der Waals surface area contributed by atoms with Crippen LogP contribution in [0.25, 0.3) is 38.6 Å². The molecule has 0 spiro atoms. The highest BCUT2D eigenvalue weighted by Gasteiger charge is 2.24.